The van der Waals surface area contributed by atoms with Crippen LogP contribution in [0.3, 0.4) is 0 Å². The van der Waals surface area contributed by atoms with Gasteiger partial charge in [0.05, 0.1) is 12.9 Å². The zero-order valence-electron chi connectivity index (χ0n) is 11.2. The van der Waals surface area contributed by atoms with Gasteiger partial charge < -0.3 is 15.0 Å². The lowest BCUT2D eigenvalue weighted by Crippen LogP contribution is -2.12. The molecule has 6 heteroatoms. The highest BCUT2D eigenvalue weighted by Gasteiger charge is 2.13. The number of aromatic nitrogens is 4. The molecule has 0 fully saturated rings. The second kappa shape index (κ2) is 4.80. The van der Waals surface area contributed by atoms with Gasteiger partial charge in [-0.3, -0.25) is 0 Å². The molecule has 0 bridgehead atoms. The smallest absolute Gasteiger partial charge is 0.245 e. The summed E-state index contributed by atoms with van der Waals surface area (Å²) in [5.41, 5.74) is 1.59. The summed E-state index contributed by atoms with van der Waals surface area (Å²) in [5.74, 6) is 1.06. The summed E-state index contributed by atoms with van der Waals surface area (Å²) in [6.07, 6.45) is 2.55. The van der Waals surface area contributed by atoms with Gasteiger partial charge in [-0.25, -0.2) is 4.98 Å². The van der Waals surface area contributed by atoms with E-state index < -0.39 is 0 Å². The van der Waals surface area contributed by atoms with E-state index in [2.05, 4.69) is 46.0 Å². The lowest BCUT2D eigenvalue weighted by Gasteiger charge is -2.17. The minimum Gasteiger partial charge on any atom is -0.476 e. The molecular weight excluding hydrogens is 230 g/mol. The van der Waals surface area contributed by atoms with Crippen molar-refractivity contribution in [1.29, 1.82) is 0 Å². The van der Waals surface area contributed by atoms with Crippen molar-refractivity contribution in [3.05, 3.63) is 6.33 Å². The van der Waals surface area contributed by atoms with E-state index in [1.54, 1.807) is 13.4 Å². The number of imidazole rings is 1. The van der Waals surface area contributed by atoms with Crippen LogP contribution < -0.4 is 10.1 Å². The number of nitrogens with zero attached hydrogens (tertiary/aromatic N) is 3. The largest absolute Gasteiger partial charge is 0.476 e. The topological polar surface area (TPSA) is 75.7 Å². The number of ether oxygens (including phenoxy) is 1. The zero-order valence-corrected chi connectivity index (χ0v) is 11.2. The molecule has 0 spiro atoms. The summed E-state index contributed by atoms with van der Waals surface area (Å²) in [6.45, 7) is 7.17. The summed E-state index contributed by atoms with van der Waals surface area (Å²) >= 11 is 0. The molecule has 0 atom stereocenters. The van der Waals surface area contributed by atoms with Crippen molar-refractivity contribution in [3.8, 4) is 5.88 Å². The molecule has 6 nitrogen and oxygen atoms in total. The van der Waals surface area contributed by atoms with E-state index in [-0.39, 0.29) is 5.41 Å². The molecule has 0 aliphatic carbocycles. The van der Waals surface area contributed by atoms with Crippen molar-refractivity contribution in [1.82, 2.24) is 19.9 Å². The number of hydrogen-bond donors (Lipinski definition) is 2. The Kier molecular flexibility index (Phi) is 3.36. The Hall–Kier alpha value is -1.85. The molecule has 0 saturated carbocycles. The lowest BCUT2D eigenvalue weighted by molar-refractivity contribution is 0.238. The average Bonchev–Trinajstić information content (AvgIpc) is 2.75. The molecule has 18 heavy (non-hydrogen) atoms. The van der Waals surface area contributed by atoms with Gasteiger partial charge in [0, 0.05) is 7.05 Å². The van der Waals surface area contributed by atoms with Gasteiger partial charge in [0.2, 0.25) is 11.8 Å². The summed E-state index contributed by atoms with van der Waals surface area (Å²) in [5, 5.41) is 2.90. The predicted octanol–water partition coefficient (Wildman–Crippen LogP) is 2.21. The van der Waals surface area contributed by atoms with Crippen LogP contribution in [0.4, 0.5) is 5.95 Å². The summed E-state index contributed by atoms with van der Waals surface area (Å²) in [7, 11) is 1.77. The first-order valence-electron chi connectivity index (χ1n) is 6.01. The maximum Gasteiger partial charge on any atom is 0.245 e. The first kappa shape index (κ1) is 12.6. The second-order valence-electron chi connectivity index (χ2n) is 5.36. The SMILES string of the molecule is CNc1nc(OCCC(C)(C)C)c2[nH]cnc2n1. The summed E-state index contributed by atoms with van der Waals surface area (Å²) in [4.78, 5) is 15.6. The van der Waals surface area contributed by atoms with Crippen LogP contribution in [0, 0.1) is 5.41 Å². The Balaban J connectivity index is 2.18. The molecular formula is C12H19N5O. The minimum atomic E-state index is 0.242. The van der Waals surface area contributed by atoms with Gasteiger partial charge >= 0.3 is 0 Å². The molecule has 0 aliphatic rings. The standard InChI is InChI=1S/C12H19N5O/c1-12(2,3)5-6-18-10-8-9(15-7-14-8)16-11(13-4)17-10/h7H,5-6H2,1-4H3,(H2,13,14,15,16,17). The van der Waals surface area contributed by atoms with E-state index in [4.69, 9.17) is 4.74 Å². The maximum absolute atomic E-state index is 5.73. The molecule has 2 aromatic rings. The van der Waals surface area contributed by atoms with Gasteiger partial charge in [-0.1, -0.05) is 20.8 Å². The van der Waals surface area contributed by atoms with Crippen LogP contribution in [0.2, 0.25) is 0 Å². The fourth-order valence-corrected chi connectivity index (χ4v) is 1.48. The van der Waals surface area contributed by atoms with E-state index in [0.29, 0.717) is 24.1 Å². The van der Waals surface area contributed by atoms with Crippen molar-refractivity contribution < 1.29 is 4.74 Å². The Morgan fingerprint density at radius 3 is 2.78 bits per heavy atom. The zero-order chi connectivity index (χ0) is 13.2. The Morgan fingerprint density at radius 1 is 1.33 bits per heavy atom. The van der Waals surface area contributed by atoms with E-state index in [1.807, 2.05) is 0 Å². The number of hydrogen-bond acceptors (Lipinski definition) is 5. The number of fused-ring (bicyclic) bond motifs is 1. The molecule has 2 N–H and O–H groups in total. The number of aromatic amines is 1. The monoisotopic (exact) mass is 249 g/mol. The molecule has 0 amide bonds. The molecule has 0 aliphatic heterocycles. The van der Waals surface area contributed by atoms with Gasteiger partial charge in [-0.2, -0.15) is 9.97 Å². The van der Waals surface area contributed by atoms with Crippen LogP contribution >= 0.6 is 0 Å². The third-order valence-corrected chi connectivity index (χ3v) is 2.57. The molecule has 0 unspecified atom stereocenters. The average molecular weight is 249 g/mol. The Morgan fingerprint density at radius 2 is 2.11 bits per heavy atom. The highest BCUT2D eigenvalue weighted by Crippen LogP contribution is 2.23. The van der Waals surface area contributed by atoms with Crippen LogP contribution in [0.25, 0.3) is 11.2 Å². The van der Waals surface area contributed by atoms with E-state index >= 15 is 0 Å². The second-order valence-corrected chi connectivity index (χ2v) is 5.36. The van der Waals surface area contributed by atoms with E-state index in [9.17, 15) is 0 Å². The van der Waals surface area contributed by atoms with E-state index in [1.165, 1.54) is 0 Å². The first-order valence-corrected chi connectivity index (χ1v) is 6.01. The van der Waals surface area contributed by atoms with Crippen molar-refractivity contribution in [2.75, 3.05) is 19.0 Å². The molecule has 2 rings (SSSR count). The van der Waals surface area contributed by atoms with Crippen LogP contribution in [-0.2, 0) is 0 Å². The normalized spacial score (nSPS) is 11.8. The Bertz CT molecular complexity index is 529. The van der Waals surface area contributed by atoms with Gasteiger partial charge in [0.15, 0.2) is 5.65 Å². The van der Waals surface area contributed by atoms with Gasteiger partial charge in [-0.05, 0) is 11.8 Å². The maximum atomic E-state index is 5.73. The van der Waals surface area contributed by atoms with Crippen molar-refractivity contribution in [2.24, 2.45) is 5.41 Å². The van der Waals surface area contributed by atoms with Crippen LogP contribution in [-0.4, -0.2) is 33.6 Å². The number of H-pyrrole nitrogens is 1. The quantitative estimate of drug-likeness (QED) is 0.868. The number of rotatable bonds is 4. The molecule has 0 saturated heterocycles. The lowest BCUT2D eigenvalue weighted by atomic mass is 9.93. The summed E-state index contributed by atoms with van der Waals surface area (Å²) < 4.78 is 5.73. The van der Waals surface area contributed by atoms with Gasteiger partial charge in [0.25, 0.3) is 0 Å². The van der Waals surface area contributed by atoms with Crippen molar-refractivity contribution >= 4 is 17.1 Å². The predicted molar refractivity (Wildman–Crippen MR) is 70.8 cm³/mol. The van der Waals surface area contributed by atoms with E-state index in [0.717, 1.165) is 11.9 Å². The third-order valence-electron chi connectivity index (χ3n) is 2.57. The van der Waals surface area contributed by atoms with Crippen LogP contribution in [0.5, 0.6) is 5.88 Å². The van der Waals surface area contributed by atoms with Gasteiger partial charge in [-0.15, -0.1) is 0 Å². The molecule has 2 aromatic heterocycles. The fourth-order valence-electron chi connectivity index (χ4n) is 1.48. The fraction of sp³-hybridized carbons (Fsp3) is 0.583. The highest BCUT2D eigenvalue weighted by atomic mass is 16.5. The highest BCUT2D eigenvalue weighted by molar-refractivity contribution is 5.76. The molecule has 2 heterocycles. The molecule has 0 aromatic carbocycles. The number of nitrogens with one attached hydrogen (secondary N) is 2. The van der Waals surface area contributed by atoms with Crippen molar-refractivity contribution in [2.45, 2.75) is 27.2 Å². The first-order chi connectivity index (χ1) is 8.49. The van der Waals surface area contributed by atoms with Gasteiger partial charge in [0.1, 0.15) is 5.52 Å². The van der Waals surface area contributed by atoms with Crippen LogP contribution in [0.1, 0.15) is 27.2 Å². The Labute approximate surface area is 106 Å². The van der Waals surface area contributed by atoms with Crippen molar-refractivity contribution in [3.63, 3.8) is 0 Å². The summed E-state index contributed by atoms with van der Waals surface area (Å²) in [6, 6.07) is 0. The minimum absolute atomic E-state index is 0.242. The van der Waals surface area contributed by atoms with Crippen LogP contribution in [0.15, 0.2) is 6.33 Å². The number of anilines is 1. The third kappa shape index (κ3) is 2.88. The molecule has 98 valence electrons. The molecule has 0 radical (unpaired) electrons.